The SMILES string of the molecule is CCn1c(COc2ccccc2F)nnc1SCC(=O)Nc1cc([N+](=O)[O-])ccc1OC. The summed E-state index contributed by atoms with van der Waals surface area (Å²) in [5.74, 6) is 0.00874. The van der Waals surface area contributed by atoms with Crippen LogP contribution in [0.2, 0.25) is 0 Å². The zero-order valence-corrected chi connectivity index (χ0v) is 18.1. The van der Waals surface area contributed by atoms with Crippen molar-refractivity contribution in [2.24, 2.45) is 0 Å². The van der Waals surface area contributed by atoms with Crippen LogP contribution in [-0.4, -0.2) is 38.5 Å². The van der Waals surface area contributed by atoms with Gasteiger partial charge in [0.2, 0.25) is 5.91 Å². The summed E-state index contributed by atoms with van der Waals surface area (Å²) in [4.78, 5) is 22.8. The van der Waals surface area contributed by atoms with E-state index >= 15 is 0 Å². The molecule has 10 nitrogen and oxygen atoms in total. The Morgan fingerprint density at radius 1 is 1.25 bits per heavy atom. The molecule has 168 valence electrons. The highest BCUT2D eigenvalue weighted by Gasteiger charge is 2.17. The summed E-state index contributed by atoms with van der Waals surface area (Å²) in [5.41, 5.74) is 0.0298. The van der Waals surface area contributed by atoms with E-state index < -0.39 is 16.6 Å². The first-order valence-electron chi connectivity index (χ1n) is 9.47. The van der Waals surface area contributed by atoms with Gasteiger partial charge < -0.3 is 19.4 Å². The number of amides is 1. The van der Waals surface area contributed by atoms with Crippen molar-refractivity contribution in [3.8, 4) is 11.5 Å². The molecule has 0 aliphatic heterocycles. The van der Waals surface area contributed by atoms with Crippen molar-refractivity contribution in [2.45, 2.75) is 25.2 Å². The highest BCUT2D eigenvalue weighted by Crippen LogP contribution is 2.29. The average Bonchev–Trinajstić information content (AvgIpc) is 3.18. The van der Waals surface area contributed by atoms with Crippen LogP contribution in [0.1, 0.15) is 12.7 Å². The fourth-order valence-electron chi connectivity index (χ4n) is 2.78. The number of non-ortho nitro benzene ring substituents is 1. The van der Waals surface area contributed by atoms with Gasteiger partial charge in [-0.15, -0.1) is 10.2 Å². The number of nitro benzene ring substituents is 1. The van der Waals surface area contributed by atoms with Crippen LogP contribution in [-0.2, 0) is 17.9 Å². The Labute approximate surface area is 186 Å². The summed E-state index contributed by atoms with van der Waals surface area (Å²) in [6, 6.07) is 9.99. The minimum atomic E-state index is -0.557. The Hall–Kier alpha value is -3.67. The van der Waals surface area contributed by atoms with Gasteiger partial charge in [-0.3, -0.25) is 14.9 Å². The molecule has 0 atom stereocenters. The number of ether oxygens (including phenoxy) is 2. The quantitative estimate of drug-likeness (QED) is 0.276. The highest BCUT2D eigenvalue weighted by atomic mass is 32.2. The van der Waals surface area contributed by atoms with Crippen LogP contribution in [0.4, 0.5) is 15.8 Å². The lowest BCUT2D eigenvalue weighted by atomic mass is 10.2. The van der Waals surface area contributed by atoms with E-state index in [1.807, 2.05) is 6.92 Å². The lowest BCUT2D eigenvalue weighted by Gasteiger charge is -2.11. The molecule has 0 bridgehead atoms. The van der Waals surface area contributed by atoms with E-state index in [1.165, 1.54) is 37.4 Å². The van der Waals surface area contributed by atoms with Crippen LogP contribution < -0.4 is 14.8 Å². The van der Waals surface area contributed by atoms with Crippen molar-refractivity contribution >= 4 is 29.0 Å². The molecule has 0 aliphatic carbocycles. The minimum Gasteiger partial charge on any atom is -0.495 e. The number of thioether (sulfide) groups is 1. The number of benzene rings is 2. The van der Waals surface area contributed by atoms with Crippen molar-refractivity contribution in [1.29, 1.82) is 0 Å². The molecule has 0 unspecified atom stereocenters. The van der Waals surface area contributed by atoms with E-state index in [-0.39, 0.29) is 29.5 Å². The molecular formula is C20H20FN5O5S. The van der Waals surface area contributed by atoms with E-state index in [9.17, 15) is 19.3 Å². The predicted octanol–water partition coefficient (Wildman–Crippen LogP) is 3.66. The van der Waals surface area contributed by atoms with E-state index in [1.54, 1.807) is 16.7 Å². The van der Waals surface area contributed by atoms with E-state index in [0.29, 0.717) is 23.3 Å². The molecular weight excluding hydrogens is 441 g/mol. The molecule has 1 aromatic heterocycles. The van der Waals surface area contributed by atoms with Crippen LogP contribution in [0.15, 0.2) is 47.6 Å². The maximum Gasteiger partial charge on any atom is 0.271 e. The number of carbonyl (C=O) groups is 1. The number of nitro groups is 1. The van der Waals surface area contributed by atoms with Gasteiger partial charge in [0, 0.05) is 18.7 Å². The zero-order valence-electron chi connectivity index (χ0n) is 17.3. The van der Waals surface area contributed by atoms with Crippen molar-refractivity contribution in [3.05, 3.63) is 64.2 Å². The molecule has 32 heavy (non-hydrogen) atoms. The molecule has 0 radical (unpaired) electrons. The standard InChI is InChI=1S/C20H20FN5O5S/c1-3-25-18(11-31-16-7-5-4-6-14(16)21)23-24-20(25)32-12-19(27)22-15-10-13(26(28)29)8-9-17(15)30-2/h4-10H,3,11-12H2,1-2H3,(H,22,27). The van der Waals surface area contributed by atoms with Gasteiger partial charge in [0.15, 0.2) is 22.5 Å². The molecule has 1 heterocycles. The first kappa shape index (κ1) is 23.0. The number of hydrogen-bond acceptors (Lipinski definition) is 8. The van der Waals surface area contributed by atoms with E-state index in [2.05, 4.69) is 15.5 Å². The molecule has 0 saturated heterocycles. The number of halogens is 1. The number of nitrogens with zero attached hydrogens (tertiary/aromatic N) is 4. The van der Waals surface area contributed by atoms with Crippen molar-refractivity contribution in [3.63, 3.8) is 0 Å². The molecule has 0 saturated carbocycles. The Morgan fingerprint density at radius 2 is 2.03 bits per heavy atom. The number of hydrogen-bond donors (Lipinski definition) is 1. The van der Waals surface area contributed by atoms with Gasteiger partial charge >= 0.3 is 0 Å². The minimum absolute atomic E-state index is 0.0133. The largest absolute Gasteiger partial charge is 0.495 e. The van der Waals surface area contributed by atoms with Crippen LogP contribution in [0.25, 0.3) is 0 Å². The Kier molecular flexibility index (Phi) is 7.60. The predicted molar refractivity (Wildman–Crippen MR) is 115 cm³/mol. The molecule has 3 aromatic rings. The summed E-state index contributed by atoms with van der Waals surface area (Å²) in [5, 5.41) is 22.2. The fraction of sp³-hybridized carbons (Fsp3) is 0.250. The van der Waals surface area contributed by atoms with Crippen molar-refractivity contribution in [1.82, 2.24) is 14.8 Å². The first-order valence-corrected chi connectivity index (χ1v) is 10.5. The van der Waals surface area contributed by atoms with Gasteiger partial charge in [0.25, 0.3) is 5.69 Å². The molecule has 1 amide bonds. The van der Waals surface area contributed by atoms with Crippen LogP contribution in [0.3, 0.4) is 0 Å². The molecule has 0 aliphatic rings. The summed E-state index contributed by atoms with van der Waals surface area (Å²) in [6.45, 7) is 2.42. The summed E-state index contributed by atoms with van der Waals surface area (Å²) in [6.07, 6.45) is 0. The molecule has 2 aromatic carbocycles. The summed E-state index contributed by atoms with van der Waals surface area (Å²) in [7, 11) is 1.40. The van der Waals surface area contributed by atoms with E-state index in [4.69, 9.17) is 9.47 Å². The van der Waals surface area contributed by atoms with Crippen LogP contribution in [0.5, 0.6) is 11.5 Å². The van der Waals surface area contributed by atoms with Gasteiger partial charge in [0.1, 0.15) is 12.4 Å². The third-order valence-corrected chi connectivity index (χ3v) is 5.27. The monoisotopic (exact) mass is 461 g/mol. The Morgan fingerprint density at radius 3 is 2.72 bits per heavy atom. The van der Waals surface area contributed by atoms with Gasteiger partial charge in [-0.1, -0.05) is 23.9 Å². The first-order chi connectivity index (χ1) is 15.4. The lowest BCUT2D eigenvalue weighted by molar-refractivity contribution is -0.384. The number of para-hydroxylation sites is 1. The van der Waals surface area contributed by atoms with Gasteiger partial charge in [-0.25, -0.2) is 4.39 Å². The van der Waals surface area contributed by atoms with E-state index in [0.717, 1.165) is 11.8 Å². The number of rotatable bonds is 10. The van der Waals surface area contributed by atoms with Gasteiger partial charge in [-0.2, -0.15) is 0 Å². The number of nitrogens with one attached hydrogen (secondary N) is 1. The molecule has 12 heteroatoms. The topological polar surface area (TPSA) is 121 Å². The number of anilines is 1. The van der Waals surface area contributed by atoms with Crippen molar-refractivity contribution in [2.75, 3.05) is 18.2 Å². The smallest absolute Gasteiger partial charge is 0.271 e. The third-order valence-electron chi connectivity index (χ3n) is 4.30. The van der Waals surface area contributed by atoms with Gasteiger partial charge in [-0.05, 0) is 25.1 Å². The Balaban J connectivity index is 1.63. The maximum absolute atomic E-state index is 13.7. The molecule has 0 spiro atoms. The Bertz CT molecular complexity index is 1120. The normalized spacial score (nSPS) is 10.6. The second-order valence-electron chi connectivity index (χ2n) is 6.34. The molecule has 0 fully saturated rings. The molecule has 1 N–H and O–H groups in total. The van der Waals surface area contributed by atoms with Crippen LogP contribution >= 0.6 is 11.8 Å². The van der Waals surface area contributed by atoms with Crippen molar-refractivity contribution < 1.29 is 23.6 Å². The number of methoxy groups -OCH3 is 1. The number of aromatic nitrogens is 3. The maximum atomic E-state index is 13.7. The third kappa shape index (κ3) is 5.52. The average molecular weight is 461 g/mol. The highest BCUT2D eigenvalue weighted by molar-refractivity contribution is 7.99. The summed E-state index contributed by atoms with van der Waals surface area (Å²) < 4.78 is 26.1. The second kappa shape index (κ2) is 10.6. The fourth-order valence-corrected chi connectivity index (χ4v) is 3.60. The van der Waals surface area contributed by atoms with Gasteiger partial charge in [0.05, 0.1) is 23.5 Å². The second-order valence-corrected chi connectivity index (χ2v) is 7.28. The number of carbonyl (C=O) groups excluding carboxylic acids is 1. The lowest BCUT2D eigenvalue weighted by Crippen LogP contribution is -2.15. The molecule has 3 rings (SSSR count). The zero-order chi connectivity index (χ0) is 23.1. The summed E-state index contributed by atoms with van der Waals surface area (Å²) >= 11 is 1.14. The van der Waals surface area contributed by atoms with Crippen LogP contribution in [0, 0.1) is 15.9 Å².